The number of hydrogen-bond donors (Lipinski definition) is 1. The Morgan fingerprint density at radius 3 is 2.45 bits per heavy atom. The summed E-state index contributed by atoms with van der Waals surface area (Å²) in [6.07, 6.45) is 0.654. The number of benzene rings is 2. The van der Waals surface area contributed by atoms with Crippen molar-refractivity contribution in [2.24, 2.45) is 0 Å². The molecular formula is C15H12N2O5. The normalized spacial score (nSPS) is 9.86. The van der Waals surface area contributed by atoms with Crippen LogP contribution in [0.4, 0.5) is 11.4 Å². The minimum atomic E-state index is -0.543. The third kappa shape index (κ3) is 3.26. The number of nitro groups is 1. The third-order valence-corrected chi connectivity index (χ3v) is 2.95. The maximum atomic E-state index is 12.1. The largest absolute Gasteiger partial charge is 0.495 e. The molecule has 112 valence electrons. The molecule has 2 rings (SSSR count). The lowest BCUT2D eigenvalue weighted by atomic mass is 10.1. The second kappa shape index (κ2) is 6.49. The zero-order chi connectivity index (χ0) is 16.1. The predicted molar refractivity (Wildman–Crippen MR) is 79.4 cm³/mol. The molecule has 0 radical (unpaired) electrons. The summed E-state index contributed by atoms with van der Waals surface area (Å²) in [6.45, 7) is 0. The first-order valence-electron chi connectivity index (χ1n) is 6.24. The first-order valence-corrected chi connectivity index (χ1v) is 6.24. The maximum Gasteiger partial charge on any atom is 0.269 e. The number of rotatable bonds is 5. The first-order chi connectivity index (χ1) is 10.5. The van der Waals surface area contributed by atoms with E-state index in [9.17, 15) is 19.7 Å². The maximum absolute atomic E-state index is 12.1. The van der Waals surface area contributed by atoms with Crippen molar-refractivity contribution in [3.63, 3.8) is 0 Å². The average Bonchev–Trinajstić information content (AvgIpc) is 2.54. The van der Waals surface area contributed by atoms with E-state index in [1.807, 2.05) is 0 Å². The molecule has 0 heterocycles. The van der Waals surface area contributed by atoms with Gasteiger partial charge in [0.2, 0.25) is 0 Å². The second-order valence-electron chi connectivity index (χ2n) is 4.34. The quantitative estimate of drug-likeness (QED) is 0.520. The van der Waals surface area contributed by atoms with Gasteiger partial charge >= 0.3 is 0 Å². The summed E-state index contributed by atoms with van der Waals surface area (Å²) in [7, 11) is 1.44. The average molecular weight is 300 g/mol. The van der Waals surface area contributed by atoms with Crippen molar-refractivity contribution in [2.45, 2.75) is 0 Å². The minimum Gasteiger partial charge on any atom is -0.495 e. The van der Waals surface area contributed by atoms with Gasteiger partial charge < -0.3 is 10.1 Å². The lowest BCUT2D eigenvalue weighted by Crippen LogP contribution is -2.13. The molecule has 0 aliphatic heterocycles. The summed E-state index contributed by atoms with van der Waals surface area (Å²) in [5.41, 5.74) is 0.886. The standard InChI is InChI=1S/C15H12N2O5/c1-22-14-7-2-10(9-18)8-13(14)16-15(19)11-3-5-12(6-4-11)17(20)21/h2-9H,1H3,(H,16,19). The number of carbonyl (C=O) groups excluding carboxylic acids is 2. The smallest absolute Gasteiger partial charge is 0.269 e. The summed E-state index contributed by atoms with van der Waals surface area (Å²) in [4.78, 5) is 33.0. The Labute approximate surface area is 125 Å². The lowest BCUT2D eigenvalue weighted by Gasteiger charge is -2.10. The van der Waals surface area contributed by atoms with Gasteiger partial charge in [-0.05, 0) is 30.3 Å². The fourth-order valence-electron chi connectivity index (χ4n) is 1.83. The number of aldehydes is 1. The van der Waals surface area contributed by atoms with Crippen LogP contribution in [0.2, 0.25) is 0 Å². The number of nitrogens with one attached hydrogen (secondary N) is 1. The Morgan fingerprint density at radius 2 is 1.91 bits per heavy atom. The molecule has 0 saturated carbocycles. The number of anilines is 1. The molecule has 2 aromatic carbocycles. The van der Waals surface area contributed by atoms with Crippen LogP contribution in [0.1, 0.15) is 20.7 Å². The van der Waals surface area contributed by atoms with E-state index in [-0.39, 0.29) is 11.3 Å². The number of amides is 1. The van der Waals surface area contributed by atoms with Gasteiger partial charge in [0.25, 0.3) is 11.6 Å². The molecule has 7 heteroatoms. The number of ether oxygens (including phenoxy) is 1. The summed E-state index contributed by atoms with van der Waals surface area (Å²) in [5.74, 6) is -0.0582. The van der Waals surface area contributed by atoms with E-state index in [0.29, 0.717) is 23.3 Å². The van der Waals surface area contributed by atoms with Crippen molar-refractivity contribution >= 4 is 23.6 Å². The number of hydrogen-bond acceptors (Lipinski definition) is 5. The van der Waals surface area contributed by atoms with Crippen LogP contribution < -0.4 is 10.1 Å². The van der Waals surface area contributed by atoms with E-state index >= 15 is 0 Å². The van der Waals surface area contributed by atoms with Gasteiger partial charge in [-0.3, -0.25) is 19.7 Å². The number of carbonyl (C=O) groups is 2. The van der Waals surface area contributed by atoms with Gasteiger partial charge in [-0.2, -0.15) is 0 Å². The number of non-ortho nitro benzene ring substituents is 1. The predicted octanol–water partition coefficient (Wildman–Crippen LogP) is 2.67. The molecule has 1 amide bonds. The highest BCUT2D eigenvalue weighted by atomic mass is 16.6. The van der Waals surface area contributed by atoms with Gasteiger partial charge in [-0.15, -0.1) is 0 Å². The van der Waals surface area contributed by atoms with Crippen LogP contribution in [-0.2, 0) is 0 Å². The molecule has 0 aliphatic carbocycles. The molecule has 0 aliphatic rings. The monoisotopic (exact) mass is 300 g/mol. The van der Waals surface area contributed by atoms with Crippen molar-refractivity contribution in [3.05, 3.63) is 63.7 Å². The van der Waals surface area contributed by atoms with Gasteiger partial charge in [0.1, 0.15) is 12.0 Å². The van der Waals surface area contributed by atoms with Gasteiger partial charge in [0.05, 0.1) is 17.7 Å². The third-order valence-electron chi connectivity index (χ3n) is 2.95. The van der Waals surface area contributed by atoms with E-state index in [2.05, 4.69) is 5.32 Å². The summed E-state index contributed by atoms with van der Waals surface area (Å²) in [5, 5.41) is 13.2. The highest BCUT2D eigenvalue weighted by Crippen LogP contribution is 2.25. The van der Waals surface area contributed by atoms with Crippen LogP contribution in [0.5, 0.6) is 5.75 Å². The Balaban J connectivity index is 2.24. The fourth-order valence-corrected chi connectivity index (χ4v) is 1.83. The Morgan fingerprint density at radius 1 is 1.23 bits per heavy atom. The van der Waals surface area contributed by atoms with Crippen molar-refractivity contribution in [2.75, 3.05) is 12.4 Å². The molecule has 2 aromatic rings. The number of nitro benzene ring substituents is 1. The van der Waals surface area contributed by atoms with E-state index in [1.165, 1.54) is 37.4 Å². The van der Waals surface area contributed by atoms with Gasteiger partial charge in [-0.1, -0.05) is 0 Å². The minimum absolute atomic E-state index is 0.0999. The Kier molecular flexibility index (Phi) is 4.47. The zero-order valence-electron chi connectivity index (χ0n) is 11.6. The Hall–Kier alpha value is -3.22. The molecule has 0 bridgehead atoms. The van der Waals surface area contributed by atoms with E-state index in [1.54, 1.807) is 12.1 Å². The van der Waals surface area contributed by atoms with E-state index < -0.39 is 10.8 Å². The van der Waals surface area contributed by atoms with Crippen LogP contribution >= 0.6 is 0 Å². The van der Waals surface area contributed by atoms with Crippen LogP contribution in [0.15, 0.2) is 42.5 Å². The number of nitrogens with zero attached hydrogens (tertiary/aromatic N) is 1. The van der Waals surface area contributed by atoms with Gasteiger partial charge in [0.15, 0.2) is 0 Å². The molecule has 7 nitrogen and oxygen atoms in total. The summed E-state index contributed by atoms with van der Waals surface area (Å²) >= 11 is 0. The molecule has 1 N–H and O–H groups in total. The van der Waals surface area contributed by atoms with Crippen molar-refractivity contribution < 1.29 is 19.2 Å². The molecule has 0 aromatic heterocycles. The summed E-state index contributed by atoms with van der Waals surface area (Å²) < 4.78 is 5.11. The van der Waals surface area contributed by atoms with Crippen molar-refractivity contribution in [1.82, 2.24) is 0 Å². The van der Waals surface area contributed by atoms with Gasteiger partial charge in [0, 0.05) is 23.3 Å². The van der Waals surface area contributed by atoms with Crippen molar-refractivity contribution in [1.29, 1.82) is 0 Å². The fraction of sp³-hybridized carbons (Fsp3) is 0.0667. The van der Waals surface area contributed by atoms with Crippen LogP contribution in [0, 0.1) is 10.1 Å². The molecule has 0 atom stereocenters. The first kappa shape index (κ1) is 15.2. The molecule has 0 spiro atoms. The molecule has 22 heavy (non-hydrogen) atoms. The summed E-state index contributed by atoms with van der Waals surface area (Å²) in [6, 6.07) is 9.80. The van der Waals surface area contributed by atoms with Crippen LogP contribution in [0.25, 0.3) is 0 Å². The van der Waals surface area contributed by atoms with Crippen LogP contribution in [0.3, 0.4) is 0 Å². The van der Waals surface area contributed by atoms with Crippen molar-refractivity contribution in [3.8, 4) is 5.75 Å². The highest BCUT2D eigenvalue weighted by Gasteiger charge is 2.12. The molecule has 0 fully saturated rings. The lowest BCUT2D eigenvalue weighted by molar-refractivity contribution is -0.384. The topological polar surface area (TPSA) is 98.5 Å². The van der Waals surface area contributed by atoms with E-state index in [0.717, 1.165) is 0 Å². The van der Waals surface area contributed by atoms with Gasteiger partial charge in [-0.25, -0.2) is 0 Å². The SMILES string of the molecule is COc1ccc(C=O)cc1NC(=O)c1ccc([N+](=O)[O-])cc1. The Bertz CT molecular complexity index is 725. The molecular weight excluding hydrogens is 288 g/mol. The number of methoxy groups -OCH3 is 1. The molecule has 0 saturated heterocycles. The van der Waals surface area contributed by atoms with E-state index in [4.69, 9.17) is 4.74 Å². The highest BCUT2D eigenvalue weighted by molar-refractivity contribution is 6.05. The van der Waals surface area contributed by atoms with Crippen LogP contribution in [-0.4, -0.2) is 24.2 Å². The zero-order valence-corrected chi connectivity index (χ0v) is 11.6. The molecule has 0 unspecified atom stereocenters. The second-order valence-corrected chi connectivity index (χ2v) is 4.34.